The summed E-state index contributed by atoms with van der Waals surface area (Å²) < 4.78 is 5.56. The number of benzene rings is 2. The van der Waals surface area contributed by atoms with Crippen molar-refractivity contribution in [3.63, 3.8) is 0 Å². The van der Waals surface area contributed by atoms with E-state index in [4.69, 9.17) is 16.3 Å². The third-order valence-corrected chi connectivity index (χ3v) is 4.27. The van der Waals surface area contributed by atoms with Gasteiger partial charge in [0, 0.05) is 5.02 Å². The molecule has 114 valence electrons. The van der Waals surface area contributed by atoms with Crippen LogP contribution in [0.5, 0.6) is 5.75 Å². The van der Waals surface area contributed by atoms with Gasteiger partial charge in [0.1, 0.15) is 5.75 Å². The lowest BCUT2D eigenvalue weighted by molar-refractivity contribution is -0.118. The van der Waals surface area contributed by atoms with Gasteiger partial charge in [-0.05, 0) is 49.6 Å². The molecule has 1 amide bonds. The van der Waals surface area contributed by atoms with E-state index in [0.717, 1.165) is 24.1 Å². The van der Waals surface area contributed by atoms with Crippen LogP contribution >= 0.6 is 11.6 Å². The number of halogens is 1. The van der Waals surface area contributed by atoms with Crippen molar-refractivity contribution in [1.29, 1.82) is 0 Å². The van der Waals surface area contributed by atoms with Crippen molar-refractivity contribution >= 4 is 23.2 Å². The predicted octanol–water partition coefficient (Wildman–Crippen LogP) is 4.41. The Morgan fingerprint density at radius 3 is 2.50 bits per heavy atom. The fourth-order valence-corrected chi connectivity index (χ4v) is 2.76. The Morgan fingerprint density at radius 1 is 1.18 bits per heavy atom. The molecule has 0 aliphatic heterocycles. The molecule has 0 radical (unpaired) electrons. The molecule has 0 saturated heterocycles. The van der Waals surface area contributed by atoms with Crippen molar-refractivity contribution in [1.82, 2.24) is 0 Å². The van der Waals surface area contributed by atoms with E-state index < -0.39 is 5.41 Å². The first-order chi connectivity index (χ1) is 10.7. The Hall–Kier alpha value is -2.00. The molecule has 1 saturated carbocycles. The lowest BCUT2D eigenvalue weighted by Crippen LogP contribution is -2.28. The Labute approximate surface area is 135 Å². The molecule has 1 fully saturated rings. The number of para-hydroxylation sites is 2. The minimum Gasteiger partial charge on any atom is -0.492 e. The Kier molecular flexibility index (Phi) is 4.08. The topological polar surface area (TPSA) is 38.3 Å². The molecule has 3 rings (SSSR count). The highest BCUT2D eigenvalue weighted by Crippen LogP contribution is 2.49. The quantitative estimate of drug-likeness (QED) is 0.887. The van der Waals surface area contributed by atoms with Crippen LogP contribution in [0.4, 0.5) is 5.69 Å². The average Bonchev–Trinajstić information content (AvgIpc) is 3.32. The standard InChI is InChI=1S/C18H18ClNO2/c1-2-22-16-6-4-3-5-15(16)20-17(21)18(11-12-18)13-7-9-14(19)10-8-13/h3-10H,2,11-12H2,1H3,(H,20,21). The first-order valence-electron chi connectivity index (χ1n) is 7.45. The summed E-state index contributed by atoms with van der Waals surface area (Å²) in [5, 5.41) is 3.70. The Bertz CT molecular complexity index is 678. The maximum absolute atomic E-state index is 12.7. The molecular formula is C18H18ClNO2. The molecule has 1 aliphatic carbocycles. The Balaban J connectivity index is 1.81. The highest BCUT2D eigenvalue weighted by atomic mass is 35.5. The molecule has 0 atom stereocenters. The largest absolute Gasteiger partial charge is 0.492 e. The summed E-state index contributed by atoms with van der Waals surface area (Å²) in [4.78, 5) is 12.7. The van der Waals surface area contributed by atoms with Gasteiger partial charge in [-0.1, -0.05) is 35.9 Å². The van der Waals surface area contributed by atoms with Gasteiger partial charge in [0.15, 0.2) is 0 Å². The molecule has 0 spiro atoms. The summed E-state index contributed by atoms with van der Waals surface area (Å²) in [5.74, 6) is 0.715. The smallest absolute Gasteiger partial charge is 0.235 e. The third kappa shape index (κ3) is 2.81. The summed E-state index contributed by atoms with van der Waals surface area (Å²) in [5.41, 5.74) is 1.31. The van der Waals surface area contributed by atoms with E-state index in [2.05, 4.69) is 5.32 Å². The second-order valence-electron chi connectivity index (χ2n) is 5.47. The number of hydrogen-bond donors (Lipinski definition) is 1. The van der Waals surface area contributed by atoms with Gasteiger partial charge >= 0.3 is 0 Å². The van der Waals surface area contributed by atoms with E-state index in [-0.39, 0.29) is 5.91 Å². The number of carbonyl (C=O) groups excluding carboxylic acids is 1. The summed E-state index contributed by atoms with van der Waals surface area (Å²) in [6.45, 7) is 2.49. The highest BCUT2D eigenvalue weighted by molar-refractivity contribution is 6.30. The number of amides is 1. The summed E-state index contributed by atoms with van der Waals surface area (Å²) in [6.07, 6.45) is 1.72. The Morgan fingerprint density at radius 2 is 1.86 bits per heavy atom. The summed E-state index contributed by atoms with van der Waals surface area (Å²) >= 11 is 5.93. The molecule has 0 unspecified atom stereocenters. The number of carbonyl (C=O) groups is 1. The fraction of sp³-hybridized carbons (Fsp3) is 0.278. The van der Waals surface area contributed by atoms with E-state index in [1.807, 2.05) is 55.5 Å². The maximum Gasteiger partial charge on any atom is 0.235 e. The normalized spacial score (nSPS) is 15.2. The van der Waals surface area contributed by atoms with E-state index in [9.17, 15) is 4.79 Å². The average molecular weight is 316 g/mol. The molecule has 1 aliphatic rings. The van der Waals surface area contributed by atoms with Crippen molar-refractivity contribution in [2.24, 2.45) is 0 Å². The number of ether oxygens (including phenoxy) is 1. The first kappa shape index (κ1) is 14.9. The van der Waals surface area contributed by atoms with Crippen LogP contribution < -0.4 is 10.1 Å². The zero-order valence-corrected chi connectivity index (χ0v) is 13.2. The van der Waals surface area contributed by atoms with Gasteiger partial charge in [-0.15, -0.1) is 0 Å². The van der Waals surface area contributed by atoms with Gasteiger partial charge in [-0.2, -0.15) is 0 Å². The molecule has 22 heavy (non-hydrogen) atoms. The van der Waals surface area contributed by atoms with Crippen LogP contribution in [0.1, 0.15) is 25.3 Å². The van der Waals surface area contributed by atoms with Gasteiger partial charge in [-0.3, -0.25) is 4.79 Å². The predicted molar refractivity (Wildman–Crippen MR) is 88.6 cm³/mol. The van der Waals surface area contributed by atoms with Crippen LogP contribution in [0.15, 0.2) is 48.5 Å². The first-order valence-corrected chi connectivity index (χ1v) is 7.83. The van der Waals surface area contributed by atoms with Crippen LogP contribution in [0.25, 0.3) is 0 Å². The molecule has 0 bridgehead atoms. The summed E-state index contributed by atoms with van der Waals surface area (Å²) in [6, 6.07) is 15.0. The zero-order valence-electron chi connectivity index (χ0n) is 12.4. The lowest BCUT2D eigenvalue weighted by Gasteiger charge is -2.17. The third-order valence-electron chi connectivity index (χ3n) is 4.02. The van der Waals surface area contributed by atoms with Gasteiger partial charge in [0.2, 0.25) is 5.91 Å². The minimum absolute atomic E-state index is 0.0157. The molecule has 4 heteroatoms. The number of anilines is 1. The van der Waals surface area contributed by atoms with E-state index in [1.165, 1.54) is 0 Å². The second kappa shape index (κ2) is 6.01. The molecule has 3 nitrogen and oxygen atoms in total. The monoisotopic (exact) mass is 315 g/mol. The highest BCUT2D eigenvalue weighted by Gasteiger charge is 2.51. The fourth-order valence-electron chi connectivity index (χ4n) is 2.63. The van der Waals surface area contributed by atoms with Gasteiger partial charge in [-0.25, -0.2) is 0 Å². The molecule has 2 aromatic rings. The summed E-state index contributed by atoms with van der Waals surface area (Å²) in [7, 11) is 0. The minimum atomic E-state index is -0.427. The SMILES string of the molecule is CCOc1ccccc1NC(=O)C1(c2ccc(Cl)cc2)CC1. The van der Waals surface area contributed by atoms with Crippen molar-refractivity contribution in [3.8, 4) is 5.75 Å². The molecule has 2 aromatic carbocycles. The number of hydrogen-bond acceptors (Lipinski definition) is 2. The van der Waals surface area contributed by atoms with Gasteiger partial charge in [0.05, 0.1) is 17.7 Å². The number of nitrogens with one attached hydrogen (secondary N) is 1. The van der Waals surface area contributed by atoms with Crippen molar-refractivity contribution < 1.29 is 9.53 Å². The van der Waals surface area contributed by atoms with Gasteiger partial charge in [0.25, 0.3) is 0 Å². The van der Waals surface area contributed by atoms with Crippen molar-refractivity contribution in [2.75, 3.05) is 11.9 Å². The van der Waals surface area contributed by atoms with Crippen LogP contribution in [-0.4, -0.2) is 12.5 Å². The molecule has 0 aromatic heterocycles. The second-order valence-corrected chi connectivity index (χ2v) is 5.91. The van der Waals surface area contributed by atoms with Crippen LogP contribution in [-0.2, 0) is 10.2 Å². The van der Waals surface area contributed by atoms with Crippen LogP contribution in [0.2, 0.25) is 5.02 Å². The maximum atomic E-state index is 12.7. The van der Waals surface area contributed by atoms with E-state index in [1.54, 1.807) is 0 Å². The molecular weight excluding hydrogens is 298 g/mol. The van der Waals surface area contributed by atoms with Crippen molar-refractivity contribution in [3.05, 3.63) is 59.1 Å². The van der Waals surface area contributed by atoms with Gasteiger partial charge < -0.3 is 10.1 Å². The van der Waals surface area contributed by atoms with E-state index in [0.29, 0.717) is 17.4 Å². The van der Waals surface area contributed by atoms with E-state index >= 15 is 0 Å². The zero-order chi connectivity index (χ0) is 15.6. The van der Waals surface area contributed by atoms with Crippen LogP contribution in [0.3, 0.4) is 0 Å². The molecule has 0 heterocycles. The molecule has 1 N–H and O–H groups in total. The van der Waals surface area contributed by atoms with Crippen LogP contribution in [0, 0.1) is 0 Å². The lowest BCUT2D eigenvalue weighted by atomic mass is 9.95. The van der Waals surface area contributed by atoms with Crippen molar-refractivity contribution in [2.45, 2.75) is 25.2 Å². The number of rotatable bonds is 5.